The van der Waals surface area contributed by atoms with Gasteiger partial charge in [0.05, 0.1) is 23.4 Å². The van der Waals surface area contributed by atoms with E-state index in [1.807, 2.05) is 48.5 Å². The molecule has 2 aliphatic rings. The maximum Gasteiger partial charge on any atom is 0.191 e. The van der Waals surface area contributed by atoms with Crippen molar-refractivity contribution in [2.24, 2.45) is 17.1 Å². The molecule has 2 atom stereocenters. The molecule has 0 saturated heterocycles. The highest BCUT2D eigenvalue weighted by Gasteiger charge is 2.54. The Morgan fingerprint density at radius 3 is 2.46 bits per heavy atom. The summed E-state index contributed by atoms with van der Waals surface area (Å²) in [7, 11) is 0. The summed E-state index contributed by atoms with van der Waals surface area (Å²) in [6.07, 6.45) is 3.67. The summed E-state index contributed by atoms with van der Waals surface area (Å²) in [4.78, 5) is 0. The third-order valence-corrected chi connectivity index (χ3v) is 5.72. The maximum absolute atomic E-state index is 10.0. The van der Waals surface area contributed by atoms with E-state index in [1.54, 1.807) is 0 Å². The highest BCUT2D eigenvalue weighted by atomic mass is 14.7. The summed E-state index contributed by atoms with van der Waals surface area (Å²) < 4.78 is 0. The largest absolute Gasteiger partial charge is 0.399 e. The summed E-state index contributed by atoms with van der Waals surface area (Å²) in [6.45, 7) is 0. The quantitative estimate of drug-likeness (QED) is 0.849. The molecule has 0 radical (unpaired) electrons. The second kappa shape index (κ2) is 5.76. The summed E-state index contributed by atoms with van der Waals surface area (Å²) in [5.74, 6) is -0.448. The number of benzene rings is 2. The minimum atomic E-state index is -1.54. The predicted octanol–water partition coefficient (Wildman–Crippen LogP) is 4.04. The molecule has 4 rings (SSSR count). The monoisotopic (exact) mass is 336 g/mol. The molecule has 0 saturated carbocycles. The Morgan fingerprint density at radius 1 is 1.00 bits per heavy atom. The lowest BCUT2D eigenvalue weighted by atomic mass is 9.58. The molecule has 0 aromatic heterocycles. The van der Waals surface area contributed by atoms with Gasteiger partial charge in [-0.15, -0.1) is 0 Å². The van der Waals surface area contributed by atoms with Crippen LogP contribution in [0.3, 0.4) is 0 Å². The Bertz CT molecular complexity index is 1080. The highest BCUT2D eigenvalue weighted by molar-refractivity contribution is 5.87. The van der Waals surface area contributed by atoms with Crippen molar-refractivity contribution in [3.05, 3.63) is 70.9 Å². The molecule has 2 N–H and O–H groups in total. The molecular formula is C22H16N4. The van der Waals surface area contributed by atoms with E-state index in [1.165, 1.54) is 0 Å². The van der Waals surface area contributed by atoms with Gasteiger partial charge in [0.1, 0.15) is 6.07 Å². The van der Waals surface area contributed by atoms with E-state index in [-0.39, 0.29) is 11.6 Å². The molecular weight excluding hydrogens is 320 g/mol. The minimum Gasteiger partial charge on any atom is -0.399 e. The van der Waals surface area contributed by atoms with Crippen molar-refractivity contribution in [1.29, 1.82) is 15.8 Å². The average Bonchev–Trinajstić information content (AvgIpc) is 3.16. The van der Waals surface area contributed by atoms with E-state index >= 15 is 0 Å². The molecule has 124 valence electrons. The van der Waals surface area contributed by atoms with Crippen molar-refractivity contribution in [3.8, 4) is 18.2 Å². The van der Waals surface area contributed by atoms with E-state index in [4.69, 9.17) is 5.73 Å². The zero-order valence-corrected chi connectivity index (χ0v) is 14.1. The lowest BCUT2D eigenvalue weighted by Crippen LogP contribution is -2.41. The number of hydrogen-bond donors (Lipinski definition) is 1. The minimum absolute atomic E-state index is 0.0537. The molecule has 0 fully saturated rings. The number of nitrogens with zero attached hydrogens (tertiary/aromatic N) is 3. The molecule has 0 bridgehead atoms. The molecule has 2 aromatic carbocycles. The van der Waals surface area contributed by atoms with Gasteiger partial charge in [0.15, 0.2) is 5.41 Å². The third kappa shape index (κ3) is 1.92. The van der Waals surface area contributed by atoms with Gasteiger partial charge in [0.25, 0.3) is 0 Å². The van der Waals surface area contributed by atoms with Crippen molar-refractivity contribution in [3.63, 3.8) is 0 Å². The fourth-order valence-electron chi connectivity index (χ4n) is 4.56. The van der Waals surface area contributed by atoms with Crippen molar-refractivity contribution in [1.82, 2.24) is 0 Å². The Morgan fingerprint density at radius 2 is 1.73 bits per heavy atom. The Hall–Kier alpha value is -3.55. The van der Waals surface area contributed by atoms with Gasteiger partial charge < -0.3 is 5.73 Å². The Kier molecular flexibility index (Phi) is 3.54. The second-order valence-corrected chi connectivity index (χ2v) is 6.82. The van der Waals surface area contributed by atoms with Crippen LogP contribution in [-0.4, -0.2) is 0 Å². The first-order valence-corrected chi connectivity index (χ1v) is 8.59. The van der Waals surface area contributed by atoms with Crippen molar-refractivity contribution in [2.75, 3.05) is 0 Å². The van der Waals surface area contributed by atoms with Gasteiger partial charge in [-0.25, -0.2) is 0 Å². The van der Waals surface area contributed by atoms with E-state index in [0.717, 1.165) is 34.8 Å². The third-order valence-electron chi connectivity index (χ3n) is 5.72. The van der Waals surface area contributed by atoms with Gasteiger partial charge in [0, 0.05) is 5.92 Å². The number of rotatable bonds is 1. The standard InChI is InChI=1S/C22H16N4/c23-11-19-16-8-4-10-18(16)20(22(12-24,13-25)21(19)26)17-9-3-6-14-5-1-2-7-15(14)17/h1-3,5-9,18,20H,4,10,26H2/t18-,20-/m0/s1. The molecule has 0 unspecified atom stereocenters. The lowest BCUT2D eigenvalue weighted by molar-refractivity contribution is 0.347. The van der Waals surface area contributed by atoms with Crippen LogP contribution in [-0.2, 0) is 0 Å². The topological polar surface area (TPSA) is 97.4 Å². The average molecular weight is 336 g/mol. The first-order valence-electron chi connectivity index (χ1n) is 8.59. The molecule has 2 aliphatic carbocycles. The van der Waals surface area contributed by atoms with Crippen LogP contribution in [0, 0.1) is 45.3 Å². The molecule has 4 heteroatoms. The Balaban J connectivity index is 2.08. The lowest BCUT2D eigenvalue weighted by Gasteiger charge is -2.40. The summed E-state index contributed by atoms with van der Waals surface area (Å²) >= 11 is 0. The van der Waals surface area contributed by atoms with Crippen molar-refractivity contribution >= 4 is 10.8 Å². The number of nitrogens with two attached hydrogens (primary N) is 1. The van der Waals surface area contributed by atoms with Gasteiger partial charge in [-0.3, -0.25) is 0 Å². The molecule has 26 heavy (non-hydrogen) atoms. The van der Waals surface area contributed by atoms with Crippen LogP contribution in [0.4, 0.5) is 0 Å². The van der Waals surface area contributed by atoms with E-state index in [2.05, 4.69) is 18.2 Å². The van der Waals surface area contributed by atoms with Crippen LogP contribution >= 0.6 is 0 Å². The summed E-state index contributed by atoms with van der Waals surface area (Å²) in [5.41, 5.74) is 6.99. The van der Waals surface area contributed by atoms with E-state index in [0.29, 0.717) is 5.57 Å². The van der Waals surface area contributed by atoms with Gasteiger partial charge in [-0.1, -0.05) is 48.5 Å². The number of fused-ring (bicyclic) bond motifs is 2. The van der Waals surface area contributed by atoms with Crippen LogP contribution in [0.15, 0.2) is 65.4 Å². The highest BCUT2D eigenvalue weighted by Crippen LogP contribution is 2.57. The van der Waals surface area contributed by atoms with Gasteiger partial charge in [-0.2, -0.15) is 15.8 Å². The molecule has 0 heterocycles. The maximum atomic E-state index is 10.0. The van der Waals surface area contributed by atoms with Gasteiger partial charge in [0.2, 0.25) is 0 Å². The first kappa shape index (κ1) is 15.9. The SMILES string of the molecule is N#CC1=C(N)C(C#N)(C#N)[C@@H](c2cccc3ccccc23)[C@H]2CCC=C12. The van der Waals surface area contributed by atoms with Crippen LogP contribution < -0.4 is 5.73 Å². The zero-order chi connectivity index (χ0) is 18.3. The number of hydrogen-bond acceptors (Lipinski definition) is 4. The number of allylic oxidation sites excluding steroid dienone is 4. The fourth-order valence-corrected chi connectivity index (χ4v) is 4.56. The summed E-state index contributed by atoms with van der Waals surface area (Å²) in [5, 5.41) is 31.8. The van der Waals surface area contributed by atoms with Crippen LogP contribution in [0.1, 0.15) is 24.3 Å². The van der Waals surface area contributed by atoms with Crippen molar-refractivity contribution < 1.29 is 0 Å². The zero-order valence-electron chi connectivity index (χ0n) is 14.1. The molecule has 0 amide bonds. The van der Waals surface area contributed by atoms with Gasteiger partial charge in [-0.05, 0) is 40.7 Å². The van der Waals surface area contributed by atoms with Crippen LogP contribution in [0.5, 0.6) is 0 Å². The van der Waals surface area contributed by atoms with Crippen LogP contribution in [0.2, 0.25) is 0 Å². The second-order valence-electron chi connectivity index (χ2n) is 6.82. The summed E-state index contributed by atoms with van der Waals surface area (Å²) in [6, 6.07) is 20.4. The van der Waals surface area contributed by atoms with Crippen molar-refractivity contribution in [2.45, 2.75) is 18.8 Å². The molecule has 0 spiro atoms. The first-order chi connectivity index (χ1) is 12.7. The van der Waals surface area contributed by atoms with E-state index in [9.17, 15) is 15.8 Å². The van der Waals surface area contributed by atoms with Crippen LogP contribution in [0.25, 0.3) is 10.8 Å². The number of nitriles is 3. The molecule has 0 aliphatic heterocycles. The molecule has 4 nitrogen and oxygen atoms in total. The van der Waals surface area contributed by atoms with Gasteiger partial charge >= 0.3 is 0 Å². The van der Waals surface area contributed by atoms with E-state index < -0.39 is 11.3 Å². The fraction of sp³-hybridized carbons (Fsp3) is 0.227. The normalized spacial score (nSPS) is 23.5. The Labute approximate surface area is 152 Å². The smallest absolute Gasteiger partial charge is 0.191 e. The predicted molar refractivity (Wildman–Crippen MR) is 98.0 cm³/mol. The molecule has 2 aromatic rings.